The normalized spacial score (nSPS) is 21.2. The van der Waals surface area contributed by atoms with Crippen molar-refractivity contribution in [1.29, 1.82) is 0 Å². The van der Waals surface area contributed by atoms with E-state index in [4.69, 9.17) is 4.74 Å². The van der Waals surface area contributed by atoms with Gasteiger partial charge in [-0.2, -0.15) is 4.72 Å². The van der Waals surface area contributed by atoms with Gasteiger partial charge in [-0.1, -0.05) is 30.3 Å². The zero-order valence-corrected chi connectivity index (χ0v) is 11.0. The van der Waals surface area contributed by atoms with Crippen LogP contribution >= 0.6 is 0 Å². The van der Waals surface area contributed by atoms with Crippen molar-refractivity contribution in [3.05, 3.63) is 35.9 Å². The number of rotatable bonds is 5. The van der Waals surface area contributed by atoms with E-state index in [0.717, 1.165) is 0 Å². The van der Waals surface area contributed by atoms with Gasteiger partial charge in [0.25, 0.3) is 0 Å². The second kappa shape index (κ2) is 5.68. The smallest absolute Gasteiger partial charge is 0.326 e. The van der Waals surface area contributed by atoms with Crippen molar-refractivity contribution in [2.75, 3.05) is 13.2 Å². The molecule has 1 aliphatic heterocycles. The zero-order chi connectivity index (χ0) is 13.9. The summed E-state index contributed by atoms with van der Waals surface area (Å²) in [5.41, 5.74) is 0.400. The third-order valence-corrected chi connectivity index (χ3v) is 4.80. The summed E-state index contributed by atoms with van der Waals surface area (Å²) in [6.07, 6.45) is 0.385. The predicted molar refractivity (Wildman–Crippen MR) is 68.1 cm³/mol. The van der Waals surface area contributed by atoms with Gasteiger partial charge in [0, 0.05) is 6.61 Å². The van der Waals surface area contributed by atoms with Crippen LogP contribution in [0.3, 0.4) is 0 Å². The molecule has 0 saturated carbocycles. The Morgan fingerprint density at radius 3 is 2.58 bits per heavy atom. The minimum absolute atomic E-state index is 0.108. The molecular formula is C12H15NO5S. The fourth-order valence-corrected chi connectivity index (χ4v) is 3.36. The van der Waals surface area contributed by atoms with Gasteiger partial charge >= 0.3 is 5.97 Å². The second-order valence-electron chi connectivity index (χ2n) is 4.33. The average molecular weight is 285 g/mol. The Hall–Kier alpha value is -1.44. The number of aliphatic carboxylic acids is 1. The van der Waals surface area contributed by atoms with E-state index in [9.17, 15) is 18.3 Å². The van der Waals surface area contributed by atoms with Gasteiger partial charge < -0.3 is 9.84 Å². The molecule has 0 radical (unpaired) electrons. The van der Waals surface area contributed by atoms with Gasteiger partial charge in [-0.05, 0) is 12.0 Å². The lowest BCUT2D eigenvalue weighted by Gasteiger charge is -2.17. The fraction of sp³-hybridized carbons (Fsp3) is 0.417. The molecule has 0 aromatic heterocycles. The Morgan fingerprint density at radius 2 is 2.05 bits per heavy atom. The van der Waals surface area contributed by atoms with Gasteiger partial charge in [-0.3, -0.25) is 4.79 Å². The molecule has 0 aliphatic carbocycles. The Morgan fingerprint density at radius 1 is 1.37 bits per heavy atom. The van der Waals surface area contributed by atoms with Crippen LogP contribution in [0.25, 0.3) is 0 Å². The fourth-order valence-electron chi connectivity index (χ4n) is 1.92. The van der Waals surface area contributed by atoms with E-state index in [0.29, 0.717) is 18.6 Å². The molecular weight excluding hydrogens is 270 g/mol. The van der Waals surface area contributed by atoms with Crippen molar-refractivity contribution >= 4 is 16.0 Å². The first kappa shape index (κ1) is 14.0. The molecule has 2 rings (SSSR count). The van der Waals surface area contributed by atoms with Gasteiger partial charge in [0.1, 0.15) is 11.3 Å². The van der Waals surface area contributed by atoms with Crippen LogP contribution in [0.1, 0.15) is 18.0 Å². The molecule has 0 amide bonds. The zero-order valence-electron chi connectivity index (χ0n) is 10.2. The Bertz CT molecular complexity index is 536. The van der Waals surface area contributed by atoms with Crippen molar-refractivity contribution < 1.29 is 23.1 Å². The molecule has 0 spiro atoms. The number of sulfonamides is 1. The highest BCUT2D eigenvalue weighted by Crippen LogP contribution is 2.18. The number of benzene rings is 1. The molecule has 6 nitrogen and oxygen atoms in total. The number of carbonyl (C=O) groups is 1. The number of hydrogen-bond donors (Lipinski definition) is 2. The second-order valence-corrected chi connectivity index (χ2v) is 6.32. The summed E-state index contributed by atoms with van der Waals surface area (Å²) in [5.74, 6) is -1.23. The largest absolute Gasteiger partial charge is 0.480 e. The third kappa shape index (κ3) is 3.31. The maximum absolute atomic E-state index is 12.1. The van der Waals surface area contributed by atoms with E-state index >= 15 is 0 Å². The van der Waals surface area contributed by atoms with Crippen molar-refractivity contribution in [2.45, 2.75) is 17.7 Å². The number of carboxylic acids is 1. The maximum Gasteiger partial charge on any atom is 0.326 e. The van der Waals surface area contributed by atoms with E-state index in [2.05, 4.69) is 4.72 Å². The van der Waals surface area contributed by atoms with Crippen LogP contribution in [0, 0.1) is 0 Å². The number of hydrogen-bond acceptors (Lipinski definition) is 4. The van der Waals surface area contributed by atoms with Crippen LogP contribution in [0.2, 0.25) is 0 Å². The lowest BCUT2D eigenvalue weighted by atomic mass is 10.1. The summed E-state index contributed by atoms with van der Waals surface area (Å²) >= 11 is 0. The standard InChI is InChI=1S/C12H15NO5S/c14-12(15)11(9-4-2-1-3-5-9)13-19(16,17)10-6-7-18-8-10/h1-5,10-11,13H,6-8H2,(H,14,15)/t10?,11-/m0/s1. The molecule has 1 aromatic carbocycles. The Labute approximate surface area is 111 Å². The molecule has 7 heteroatoms. The number of ether oxygens (including phenoxy) is 1. The molecule has 19 heavy (non-hydrogen) atoms. The summed E-state index contributed by atoms with van der Waals surface area (Å²) in [6.45, 7) is 0.491. The lowest BCUT2D eigenvalue weighted by Crippen LogP contribution is -2.40. The van der Waals surface area contributed by atoms with Crippen LogP contribution in [0.4, 0.5) is 0 Å². The van der Waals surface area contributed by atoms with Gasteiger partial charge in [-0.15, -0.1) is 0 Å². The molecule has 2 atom stereocenters. The van der Waals surface area contributed by atoms with Crippen molar-refractivity contribution in [1.82, 2.24) is 4.72 Å². The van der Waals surface area contributed by atoms with Crippen molar-refractivity contribution in [3.8, 4) is 0 Å². The molecule has 1 fully saturated rings. The minimum Gasteiger partial charge on any atom is -0.480 e. The van der Waals surface area contributed by atoms with Crippen molar-refractivity contribution in [2.24, 2.45) is 0 Å². The summed E-state index contributed by atoms with van der Waals surface area (Å²) in [6, 6.07) is 6.95. The molecule has 104 valence electrons. The monoisotopic (exact) mass is 285 g/mol. The summed E-state index contributed by atoms with van der Waals surface area (Å²) < 4.78 is 31.4. The highest BCUT2D eigenvalue weighted by molar-refractivity contribution is 7.90. The summed E-state index contributed by atoms with van der Waals surface area (Å²) in [4.78, 5) is 11.2. The quantitative estimate of drug-likeness (QED) is 0.822. The first-order chi connectivity index (χ1) is 9.00. The van der Waals surface area contributed by atoms with E-state index in [-0.39, 0.29) is 6.61 Å². The molecule has 1 aromatic rings. The number of carboxylic acid groups (broad SMARTS) is 1. The van der Waals surface area contributed by atoms with E-state index in [1.54, 1.807) is 30.3 Å². The maximum atomic E-state index is 12.1. The SMILES string of the molecule is O=C(O)[C@@H](NS(=O)(=O)C1CCOC1)c1ccccc1. The van der Waals surface area contributed by atoms with Crippen LogP contribution in [0.5, 0.6) is 0 Å². The van der Waals surface area contributed by atoms with Crippen LogP contribution in [-0.4, -0.2) is 38.0 Å². The molecule has 1 unspecified atom stereocenters. The predicted octanol–water partition coefficient (Wildman–Crippen LogP) is 0.521. The van der Waals surface area contributed by atoms with E-state index < -0.39 is 27.3 Å². The van der Waals surface area contributed by atoms with Crippen molar-refractivity contribution in [3.63, 3.8) is 0 Å². The van der Waals surface area contributed by atoms with Crippen LogP contribution < -0.4 is 4.72 Å². The molecule has 0 bridgehead atoms. The van der Waals surface area contributed by atoms with Crippen LogP contribution in [0.15, 0.2) is 30.3 Å². The van der Waals surface area contributed by atoms with Gasteiger partial charge in [0.2, 0.25) is 10.0 Å². The van der Waals surface area contributed by atoms with Gasteiger partial charge in [0.15, 0.2) is 0 Å². The number of nitrogens with one attached hydrogen (secondary N) is 1. The van der Waals surface area contributed by atoms with E-state index in [1.807, 2.05) is 0 Å². The van der Waals surface area contributed by atoms with Gasteiger partial charge in [0.05, 0.1) is 6.61 Å². The topological polar surface area (TPSA) is 92.7 Å². The minimum atomic E-state index is -3.71. The van der Waals surface area contributed by atoms with E-state index in [1.165, 1.54) is 0 Å². The lowest BCUT2D eigenvalue weighted by molar-refractivity contribution is -0.139. The molecule has 2 N–H and O–H groups in total. The Balaban J connectivity index is 2.20. The third-order valence-electron chi connectivity index (χ3n) is 2.99. The molecule has 1 aliphatic rings. The average Bonchev–Trinajstić information content (AvgIpc) is 2.91. The summed E-state index contributed by atoms with van der Waals surface area (Å²) in [7, 11) is -3.71. The summed E-state index contributed by atoms with van der Waals surface area (Å²) in [5, 5.41) is 8.49. The molecule has 1 saturated heterocycles. The van der Waals surface area contributed by atoms with Crippen LogP contribution in [-0.2, 0) is 19.6 Å². The molecule has 1 heterocycles. The Kier molecular flexibility index (Phi) is 4.18. The highest BCUT2D eigenvalue weighted by Gasteiger charge is 2.34. The highest BCUT2D eigenvalue weighted by atomic mass is 32.2. The first-order valence-corrected chi connectivity index (χ1v) is 7.42. The first-order valence-electron chi connectivity index (χ1n) is 5.87. The van der Waals surface area contributed by atoms with Gasteiger partial charge in [-0.25, -0.2) is 8.42 Å².